The molecule has 2 fully saturated rings. The molecule has 4 atom stereocenters. The van der Waals surface area contributed by atoms with Gasteiger partial charge in [0.2, 0.25) is 0 Å². The molecular weight excluding hydrogens is 188 g/mol. The summed E-state index contributed by atoms with van der Waals surface area (Å²) in [5, 5.41) is 9.37. The van der Waals surface area contributed by atoms with Gasteiger partial charge in [-0.1, -0.05) is 0 Å². The van der Waals surface area contributed by atoms with E-state index < -0.39 is 36.9 Å². The molecular formula is C9H16O5. The third-order valence-electron chi connectivity index (χ3n) is 2.37. The van der Waals surface area contributed by atoms with Crippen molar-refractivity contribution in [3.63, 3.8) is 0 Å². The second kappa shape index (κ2) is 3.43. The first-order valence-electron chi connectivity index (χ1n) is 5.51. The van der Waals surface area contributed by atoms with E-state index in [-0.39, 0.29) is 0 Å². The normalized spacial score (nSPS) is 48.6. The van der Waals surface area contributed by atoms with Crippen LogP contribution in [0.4, 0.5) is 0 Å². The van der Waals surface area contributed by atoms with Crippen molar-refractivity contribution >= 4 is 0 Å². The second-order valence-electron chi connectivity index (χ2n) is 3.85. The molecule has 2 saturated heterocycles. The van der Waals surface area contributed by atoms with Crippen molar-refractivity contribution < 1.29 is 26.8 Å². The lowest BCUT2D eigenvalue weighted by atomic mass is 10.1. The quantitative estimate of drug-likeness (QED) is 0.682. The standard InChI is InChI=1S/C9H16O5/c1-9(2)13-6-5(4-10)12-8(11-3)7(6)14-9/h5-8,10H,4H2,1-3H3/t5-,6-,7-,8?/m1/s1/i4D2. The molecule has 2 aliphatic heterocycles. The van der Waals surface area contributed by atoms with Gasteiger partial charge in [-0.05, 0) is 13.8 Å². The van der Waals surface area contributed by atoms with Crippen LogP contribution in [0.2, 0.25) is 0 Å². The van der Waals surface area contributed by atoms with Crippen LogP contribution in [0.15, 0.2) is 0 Å². The molecule has 0 aromatic carbocycles. The number of fused-ring (bicyclic) bond motifs is 1. The molecule has 14 heavy (non-hydrogen) atoms. The Bertz CT molecular complexity index is 278. The zero-order valence-corrected chi connectivity index (χ0v) is 8.39. The van der Waals surface area contributed by atoms with Gasteiger partial charge < -0.3 is 24.1 Å². The van der Waals surface area contributed by atoms with Gasteiger partial charge in [0, 0.05) is 7.11 Å². The Morgan fingerprint density at radius 2 is 2.07 bits per heavy atom. The maximum atomic E-state index is 9.37. The van der Waals surface area contributed by atoms with Gasteiger partial charge in [-0.3, -0.25) is 0 Å². The van der Waals surface area contributed by atoms with E-state index >= 15 is 0 Å². The topological polar surface area (TPSA) is 57.2 Å². The largest absolute Gasteiger partial charge is 0.394 e. The SMILES string of the molecule is [2H]C([2H])(O)[C@H]1OC(OC)[C@@H]2OC(C)(C)O[C@@H]21. The van der Waals surface area contributed by atoms with Gasteiger partial charge in [0.25, 0.3) is 0 Å². The van der Waals surface area contributed by atoms with Crippen LogP contribution in [0.3, 0.4) is 0 Å². The van der Waals surface area contributed by atoms with Crippen LogP contribution in [0, 0.1) is 0 Å². The molecule has 0 amide bonds. The summed E-state index contributed by atoms with van der Waals surface area (Å²) in [6.07, 6.45) is -3.02. The van der Waals surface area contributed by atoms with Gasteiger partial charge in [0.15, 0.2) is 12.1 Å². The van der Waals surface area contributed by atoms with Crippen LogP contribution < -0.4 is 0 Å². The first-order valence-corrected chi connectivity index (χ1v) is 4.51. The predicted molar refractivity (Wildman–Crippen MR) is 46.6 cm³/mol. The van der Waals surface area contributed by atoms with Crippen molar-refractivity contribution in [1.29, 1.82) is 0 Å². The molecule has 0 aliphatic carbocycles. The van der Waals surface area contributed by atoms with Crippen molar-refractivity contribution in [1.82, 2.24) is 0 Å². The van der Waals surface area contributed by atoms with Crippen molar-refractivity contribution in [2.24, 2.45) is 0 Å². The van der Waals surface area contributed by atoms with E-state index in [1.165, 1.54) is 7.11 Å². The smallest absolute Gasteiger partial charge is 0.186 e. The molecule has 2 rings (SSSR count). The zero-order chi connectivity index (χ0) is 12.1. The van der Waals surface area contributed by atoms with Gasteiger partial charge >= 0.3 is 0 Å². The molecule has 5 heteroatoms. The summed E-state index contributed by atoms with van der Waals surface area (Å²) in [6.45, 7) is 0.962. The number of hydrogen-bond acceptors (Lipinski definition) is 5. The summed E-state index contributed by atoms with van der Waals surface area (Å²) in [4.78, 5) is 0. The van der Waals surface area contributed by atoms with Crippen LogP contribution >= 0.6 is 0 Å². The van der Waals surface area contributed by atoms with E-state index in [0.717, 1.165) is 0 Å². The average Bonchev–Trinajstić information content (AvgIpc) is 2.55. The molecule has 5 nitrogen and oxygen atoms in total. The first-order chi connectivity index (χ1) is 7.24. The Morgan fingerprint density at radius 1 is 1.43 bits per heavy atom. The fraction of sp³-hybridized carbons (Fsp3) is 1.00. The van der Waals surface area contributed by atoms with Crippen molar-refractivity contribution in [2.45, 2.75) is 44.2 Å². The fourth-order valence-electron chi connectivity index (χ4n) is 1.85. The molecule has 0 spiro atoms. The van der Waals surface area contributed by atoms with Crippen LogP contribution in [0.5, 0.6) is 0 Å². The number of methoxy groups -OCH3 is 1. The van der Waals surface area contributed by atoms with Crippen LogP contribution in [-0.2, 0) is 18.9 Å². The number of hydrogen-bond donors (Lipinski definition) is 1. The van der Waals surface area contributed by atoms with E-state index in [1.807, 2.05) is 0 Å². The molecule has 0 radical (unpaired) electrons. The van der Waals surface area contributed by atoms with Gasteiger partial charge in [-0.2, -0.15) is 0 Å². The highest BCUT2D eigenvalue weighted by atomic mass is 16.8. The Morgan fingerprint density at radius 3 is 2.64 bits per heavy atom. The average molecular weight is 206 g/mol. The highest BCUT2D eigenvalue weighted by Gasteiger charge is 2.55. The summed E-state index contributed by atoms with van der Waals surface area (Å²) in [6, 6.07) is 0. The monoisotopic (exact) mass is 206 g/mol. The van der Waals surface area contributed by atoms with Gasteiger partial charge in [-0.15, -0.1) is 0 Å². The van der Waals surface area contributed by atoms with E-state index in [2.05, 4.69) is 0 Å². The number of ether oxygens (including phenoxy) is 4. The van der Waals surface area contributed by atoms with Crippen molar-refractivity contribution in [3.05, 3.63) is 0 Å². The Labute approximate surface area is 85.7 Å². The van der Waals surface area contributed by atoms with Crippen molar-refractivity contribution in [3.8, 4) is 0 Å². The third kappa shape index (κ3) is 1.55. The summed E-state index contributed by atoms with van der Waals surface area (Å²) in [5.74, 6) is -0.820. The highest BCUT2D eigenvalue weighted by Crippen LogP contribution is 2.38. The Balaban J connectivity index is 2.21. The van der Waals surface area contributed by atoms with Crippen molar-refractivity contribution in [2.75, 3.05) is 13.7 Å². The minimum Gasteiger partial charge on any atom is -0.394 e. The number of rotatable bonds is 2. The minimum absolute atomic E-state index is 0.521. The molecule has 2 heterocycles. The lowest BCUT2D eigenvalue weighted by molar-refractivity contribution is -0.230. The van der Waals surface area contributed by atoms with E-state index in [0.29, 0.717) is 0 Å². The summed E-state index contributed by atoms with van der Waals surface area (Å²) in [5.41, 5.74) is 0. The zero-order valence-electron chi connectivity index (χ0n) is 10.4. The molecule has 0 saturated carbocycles. The van der Waals surface area contributed by atoms with Crippen LogP contribution in [-0.4, -0.2) is 49.2 Å². The van der Waals surface area contributed by atoms with Crippen LogP contribution in [0.25, 0.3) is 0 Å². The van der Waals surface area contributed by atoms with E-state index in [1.54, 1.807) is 13.8 Å². The molecule has 2 aliphatic rings. The van der Waals surface area contributed by atoms with Crippen LogP contribution in [0.1, 0.15) is 16.6 Å². The first kappa shape index (κ1) is 8.01. The Kier molecular flexibility index (Phi) is 1.96. The maximum Gasteiger partial charge on any atom is 0.186 e. The third-order valence-corrected chi connectivity index (χ3v) is 2.37. The van der Waals surface area contributed by atoms with Gasteiger partial charge in [-0.25, -0.2) is 0 Å². The molecule has 1 N–H and O–H groups in total. The van der Waals surface area contributed by atoms with E-state index in [9.17, 15) is 5.11 Å². The molecule has 0 aromatic heterocycles. The highest BCUT2D eigenvalue weighted by molar-refractivity contribution is 4.94. The molecule has 82 valence electrons. The fourth-order valence-corrected chi connectivity index (χ4v) is 1.85. The molecule has 0 bridgehead atoms. The Hall–Kier alpha value is -0.200. The lowest BCUT2D eigenvalue weighted by Crippen LogP contribution is -2.31. The molecule has 1 unspecified atom stereocenters. The maximum absolute atomic E-state index is 9.37. The summed E-state index contributed by atoms with van der Waals surface area (Å²) >= 11 is 0. The summed E-state index contributed by atoms with van der Waals surface area (Å²) < 4.78 is 35.9. The number of aliphatic hydroxyl groups is 1. The second-order valence-corrected chi connectivity index (χ2v) is 3.85. The lowest BCUT2D eigenvalue weighted by Gasteiger charge is -2.22. The predicted octanol–water partition coefficient (Wildman–Crippen LogP) is -0.130. The minimum atomic E-state index is -2.49. The summed E-state index contributed by atoms with van der Waals surface area (Å²) in [7, 11) is 1.44. The van der Waals surface area contributed by atoms with Gasteiger partial charge in [0.1, 0.15) is 18.3 Å². The molecule has 0 aromatic rings. The van der Waals surface area contributed by atoms with E-state index in [4.69, 9.17) is 21.7 Å². The van der Waals surface area contributed by atoms with Gasteiger partial charge in [0.05, 0.1) is 9.30 Å².